The standard InChI is InChI=1S/C25H29ClN4O2/c1-3-14-30(17-23-27-24(28-32-23)19-8-10-21(26)11-9-19)25(31)20-5-4-15-29(16-20)22-12-6-18(2)7-13-22/h6-13,20H,3-5,14-17H2,1-2H3. The van der Waals surface area contributed by atoms with Crippen LogP contribution in [0.4, 0.5) is 5.69 Å². The number of nitrogens with zero attached hydrogens (tertiary/aromatic N) is 4. The minimum Gasteiger partial charge on any atom is -0.371 e. The van der Waals surface area contributed by atoms with Crippen LogP contribution in [0.3, 0.4) is 0 Å². The highest BCUT2D eigenvalue weighted by molar-refractivity contribution is 6.30. The molecule has 0 aliphatic carbocycles. The summed E-state index contributed by atoms with van der Waals surface area (Å²) in [5.41, 5.74) is 3.25. The zero-order valence-corrected chi connectivity index (χ0v) is 19.4. The molecule has 0 N–H and O–H groups in total. The van der Waals surface area contributed by atoms with Gasteiger partial charge in [-0.2, -0.15) is 4.98 Å². The maximum Gasteiger partial charge on any atom is 0.246 e. The van der Waals surface area contributed by atoms with Crippen LogP contribution in [0.25, 0.3) is 11.4 Å². The number of carbonyl (C=O) groups is 1. The zero-order chi connectivity index (χ0) is 22.5. The molecule has 1 aromatic heterocycles. The van der Waals surface area contributed by atoms with Gasteiger partial charge in [0.05, 0.1) is 12.5 Å². The van der Waals surface area contributed by atoms with Gasteiger partial charge in [-0.3, -0.25) is 4.79 Å². The minimum atomic E-state index is -0.0322. The second-order valence-corrected chi connectivity index (χ2v) is 8.84. The van der Waals surface area contributed by atoms with Gasteiger partial charge in [-0.1, -0.05) is 41.4 Å². The van der Waals surface area contributed by atoms with E-state index in [-0.39, 0.29) is 11.8 Å². The number of anilines is 1. The van der Waals surface area contributed by atoms with E-state index < -0.39 is 0 Å². The quantitative estimate of drug-likeness (QED) is 0.483. The second kappa shape index (κ2) is 10.2. The summed E-state index contributed by atoms with van der Waals surface area (Å²) in [7, 11) is 0. The number of amides is 1. The van der Waals surface area contributed by atoms with Gasteiger partial charge in [0.1, 0.15) is 0 Å². The highest BCUT2D eigenvalue weighted by atomic mass is 35.5. The van der Waals surface area contributed by atoms with Crippen LogP contribution >= 0.6 is 11.6 Å². The van der Waals surface area contributed by atoms with Gasteiger partial charge in [-0.05, 0) is 62.6 Å². The summed E-state index contributed by atoms with van der Waals surface area (Å²) < 4.78 is 5.47. The van der Waals surface area contributed by atoms with Crippen LogP contribution in [0.1, 0.15) is 37.6 Å². The Bertz CT molecular complexity index is 1030. The lowest BCUT2D eigenvalue weighted by molar-refractivity contribution is -0.136. The Balaban J connectivity index is 1.44. The van der Waals surface area contributed by atoms with E-state index in [1.165, 1.54) is 11.3 Å². The number of carbonyl (C=O) groups excluding carboxylic acids is 1. The Kier molecular flexibility index (Phi) is 7.10. The van der Waals surface area contributed by atoms with Crippen molar-refractivity contribution in [1.29, 1.82) is 0 Å². The molecule has 1 atom stereocenters. The molecule has 4 rings (SSSR count). The monoisotopic (exact) mass is 452 g/mol. The van der Waals surface area contributed by atoms with E-state index in [1.807, 2.05) is 17.0 Å². The third-order valence-corrected chi connectivity index (χ3v) is 6.12. The third kappa shape index (κ3) is 5.30. The maximum atomic E-state index is 13.4. The molecule has 0 spiro atoms. The van der Waals surface area contributed by atoms with Crippen molar-refractivity contribution in [2.24, 2.45) is 5.92 Å². The first-order chi connectivity index (χ1) is 15.5. The SMILES string of the molecule is CCCN(Cc1nc(-c2ccc(Cl)cc2)no1)C(=O)C1CCCN(c2ccc(C)cc2)C1. The first-order valence-electron chi connectivity index (χ1n) is 11.2. The number of halogens is 1. The van der Waals surface area contributed by atoms with E-state index in [9.17, 15) is 4.79 Å². The van der Waals surface area contributed by atoms with Gasteiger partial charge in [0.2, 0.25) is 17.6 Å². The molecule has 1 aliphatic heterocycles. The van der Waals surface area contributed by atoms with Gasteiger partial charge in [-0.25, -0.2) is 0 Å². The van der Waals surface area contributed by atoms with E-state index in [0.29, 0.717) is 29.8 Å². The van der Waals surface area contributed by atoms with Crippen molar-refractivity contribution >= 4 is 23.2 Å². The molecule has 168 valence electrons. The van der Waals surface area contributed by atoms with Crippen molar-refractivity contribution in [3.8, 4) is 11.4 Å². The maximum absolute atomic E-state index is 13.4. The van der Waals surface area contributed by atoms with E-state index >= 15 is 0 Å². The van der Waals surface area contributed by atoms with Crippen LogP contribution in [0.15, 0.2) is 53.1 Å². The van der Waals surface area contributed by atoms with Crippen molar-refractivity contribution in [3.05, 3.63) is 65.0 Å². The molecule has 2 aromatic carbocycles. The number of aryl methyl sites for hydroxylation is 1. The number of piperidine rings is 1. The summed E-state index contributed by atoms with van der Waals surface area (Å²) in [4.78, 5) is 22.1. The lowest BCUT2D eigenvalue weighted by Gasteiger charge is -2.36. The summed E-state index contributed by atoms with van der Waals surface area (Å²) in [5.74, 6) is 1.08. The minimum absolute atomic E-state index is 0.0322. The molecule has 6 nitrogen and oxygen atoms in total. The van der Waals surface area contributed by atoms with Gasteiger partial charge >= 0.3 is 0 Å². The smallest absolute Gasteiger partial charge is 0.246 e. The van der Waals surface area contributed by atoms with Crippen LogP contribution < -0.4 is 4.90 Å². The third-order valence-electron chi connectivity index (χ3n) is 5.87. The molecule has 1 aliphatic rings. The summed E-state index contributed by atoms with van der Waals surface area (Å²) >= 11 is 5.96. The molecule has 1 saturated heterocycles. The summed E-state index contributed by atoms with van der Waals surface area (Å²) in [5, 5.41) is 4.74. The van der Waals surface area contributed by atoms with Crippen LogP contribution in [0.2, 0.25) is 5.02 Å². The number of hydrogen-bond acceptors (Lipinski definition) is 5. The Morgan fingerprint density at radius 2 is 1.94 bits per heavy atom. The Labute approximate surface area is 194 Å². The fourth-order valence-corrected chi connectivity index (χ4v) is 4.29. The van der Waals surface area contributed by atoms with E-state index in [0.717, 1.165) is 37.9 Å². The predicted octanol–water partition coefficient (Wildman–Crippen LogP) is 5.35. The predicted molar refractivity (Wildman–Crippen MR) is 127 cm³/mol. The second-order valence-electron chi connectivity index (χ2n) is 8.40. The molecule has 1 fully saturated rings. The van der Waals surface area contributed by atoms with Crippen molar-refractivity contribution in [3.63, 3.8) is 0 Å². The normalized spacial score (nSPS) is 16.2. The van der Waals surface area contributed by atoms with Crippen molar-refractivity contribution in [1.82, 2.24) is 15.0 Å². The lowest BCUT2D eigenvalue weighted by atomic mass is 9.95. The molecule has 3 aromatic rings. The Morgan fingerprint density at radius 1 is 1.19 bits per heavy atom. The molecule has 1 amide bonds. The van der Waals surface area contributed by atoms with E-state index in [2.05, 4.69) is 53.2 Å². The van der Waals surface area contributed by atoms with Gasteiger partial charge < -0.3 is 14.3 Å². The molecule has 1 unspecified atom stereocenters. The molecule has 0 radical (unpaired) electrons. The van der Waals surface area contributed by atoms with Crippen molar-refractivity contribution in [2.75, 3.05) is 24.5 Å². The fourth-order valence-electron chi connectivity index (χ4n) is 4.16. The van der Waals surface area contributed by atoms with Crippen LogP contribution in [0, 0.1) is 12.8 Å². The first kappa shape index (κ1) is 22.3. The molecular weight excluding hydrogens is 424 g/mol. The highest BCUT2D eigenvalue weighted by Crippen LogP contribution is 2.26. The number of aromatic nitrogens is 2. The molecule has 32 heavy (non-hydrogen) atoms. The van der Waals surface area contributed by atoms with Crippen molar-refractivity contribution in [2.45, 2.75) is 39.7 Å². The Hall–Kier alpha value is -2.86. The van der Waals surface area contributed by atoms with Gasteiger partial charge in [0.25, 0.3) is 0 Å². The van der Waals surface area contributed by atoms with Gasteiger partial charge in [0, 0.05) is 35.9 Å². The zero-order valence-electron chi connectivity index (χ0n) is 18.6. The summed E-state index contributed by atoms with van der Waals surface area (Å²) in [6.45, 7) is 6.88. The lowest BCUT2D eigenvalue weighted by Crippen LogP contribution is -2.45. The van der Waals surface area contributed by atoms with Crippen molar-refractivity contribution < 1.29 is 9.32 Å². The van der Waals surface area contributed by atoms with E-state index in [4.69, 9.17) is 16.1 Å². The van der Waals surface area contributed by atoms with E-state index in [1.54, 1.807) is 12.1 Å². The van der Waals surface area contributed by atoms with Gasteiger partial charge in [0.15, 0.2) is 0 Å². The Morgan fingerprint density at radius 3 is 2.66 bits per heavy atom. The van der Waals surface area contributed by atoms with Gasteiger partial charge in [-0.15, -0.1) is 0 Å². The van der Waals surface area contributed by atoms with Crippen LogP contribution in [-0.4, -0.2) is 40.6 Å². The first-order valence-corrected chi connectivity index (χ1v) is 11.6. The summed E-state index contributed by atoms with van der Waals surface area (Å²) in [6.07, 6.45) is 2.78. The average Bonchev–Trinajstić information content (AvgIpc) is 3.28. The molecular formula is C25H29ClN4O2. The van der Waals surface area contributed by atoms with Crippen LogP contribution in [0.5, 0.6) is 0 Å². The number of hydrogen-bond donors (Lipinski definition) is 0. The molecule has 7 heteroatoms. The fraction of sp³-hybridized carbons (Fsp3) is 0.400. The average molecular weight is 453 g/mol. The summed E-state index contributed by atoms with van der Waals surface area (Å²) in [6, 6.07) is 15.8. The molecule has 0 saturated carbocycles. The molecule has 2 heterocycles. The highest BCUT2D eigenvalue weighted by Gasteiger charge is 2.30. The molecule has 0 bridgehead atoms. The number of benzene rings is 2. The van der Waals surface area contributed by atoms with Crippen LogP contribution in [-0.2, 0) is 11.3 Å². The largest absolute Gasteiger partial charge is 0.371 e. The topological polar surface area (TPSA) is 62.5 Å². The number of rotatable bonds is 7.